The molecule has 0 aliphatic carbocycles. The number of carbonyl (C=O) groups excluding carboxylic acids is 1. The standard InChI is InChI=1S/C17H17F2N3O2/c18-17(19)24-15-4-2-1-3-14(15)16(23)22-11-9-21(10-12-22)13-5-7-20-8-6-13/h1-8,17H,9-12H2. The normalized spacial score (nSPS) is 14.8. The highest BCUT2D eigenvalue weighted by molar-refractivity contribution is 5.97. The van der Waals surface area contributed by atoms with Gasteiger partial charge >= 0.3 is 6.61 Å². The highest BCUT2D eigenvalue weighted by Crippen LogP contribution is 2.23. The number of pyridine rings is 1. The Morgan fingerprint density at radius 3 is 2.38 bits per heavy atom. The van der Waals surface area contributed by atoms with Crippen molar-refractivity contribution in [2.45, 2.75) is 6.61 Å². The van der Waals surface area contributed by atoms with Gasteiger partial charge in [0.2, 0.25) is 0 Å². The molecule has 0 radical (unpaired) electrons. The molecule has 0 saturated carbocycles. The van der Waals surface area contributed by atoms with Crippen LogP contribution in [0, 0.1) is 0 Å². The van der Waals surface area contributed by atoms with Gasteiger partial charge in [-0.3, -0.25) is 9.78 Å². The number of halogens is 2. The molecule has 126 valence electrons. The van der Waals surface area contributed by atoms with E-state index in [1.54, 1.807) is 29.4 Å². The van der Waals surface area contributed by atoms with Gasteiger partial charge in [0.25, 0.3) is 5.91 Å². The number of piperazine rings is 1. The first-order chi connectivity index (χ1) is 11.6. The second-order valence-electron chi connectivity index (χ2n) is 5.36. The second kappa shape index (κ2) is 7.25. The van der Waals surface area contributed by atoms with E-state index in [1.807, 2.05) is 12.1 Å². The number of alkyl halides is 2. The topological polar surface area (TPSA) is 45.7 Å². The van der Waals surface area contributed by atoms with Crippen molar-refractivity contribution in [3.8, 4) is 5.75 Å². The van der Waals surface area contributed by atoms with Crippen molar-refractivity contribution in [1.82, 2.24) is 9.88 Å². The Kier molecular flexibility index (Phi) is 4.88. The first-order valence-corrected chi connectivity index (χ1v) is 7.63. The number of hydrogen-bond acceptors (Lipinski definition) is 4. The minimum Gasteiger partial charge on any atom is -0.434 e. The van der Waals surface area contributed by atoms with Crippen LogP contribution in [0.4, 0.5) is 14.5 Å². The summed E-state index contributed by atoms with van der Waals surface area (Å²) in [5, 5.41) is 0. The molecule has 1 aliphatic rings. The van der Waals surface area contributed by atoms with Crippen molar-refractivity contribution in [1.29, 1.82) is 0 Å². The Morgan fingerprint density at radius 1 is 1.04 bits per heavy atom. The molecule has 1 aliphatic heterocycles. The third-order valence-corrected chi connectivity index (χ3v) is 3.93. The van der Waals surface area contributed by atoms with Crippen LogP contribution in [0.15, 0.2) is 48.8 Å². The van der Waals surface area contributed by atoms with Gasteiger partial charge < -0.3 is 14.5 Å². The van der Waals surface area contributed by atoms with Gasteiger partial charge in [0.15, 0.2) is 0 Å². The largest absolute Gasteiger partial charge is 0.434 e. The summed E-state index contributed by atoms with van der Waals surface area (Å²) in [6.07, 6.45) is 3.45. The number of nitrogens with zero attached hydrogens (tertiary/aromatic N) is 3. The van der Waals surface area contributed by atoms with E-state index in [4.69, 9.17) is 0 Å². The lowest BCUT2D eigenvalue weighted by Crippen LogP contribution is -2.48. The van der Waals surface area contributed by atoms with Crippen molar-refractivity contribution < 1.29 is 18.3 Å². The van der Waals surface area contributed by atoms with E-state index in [0.717, 1.165) is 5.69 Å². The number of ether oxygens (including phenoxy) is 1. The Labute approximate surface area is 138 Å². The third-order valence-electron chi connectivity index (χ3n) is 3.93. The van der Waals surface area contributed by atoms with Crippen molar-refractivity contribution in [2.75, 3.05) is 31.1 Å². The first kappa shape index (κ1) is 16.2. The zero-order chi connectivity index (χ0) is 16.9. The van der Waals surface area contributed by atoms with Gasteiger partial charge in [-0.15, -0.1) is 0 Å². The van der Waals surface area contributed by atoms with Crippen molar-refractivity contribution >= 4 is 11.6 Å². The highest BCUT2D eigenvalue weighted by Gasteiger charge is 2.25. The molecule has 0 unspecified atom stereocenters. The summed E-state index contributed by atoms with van der Waals surface area (Å²) in [5.74, 6) is -0.380. The summed E-state index contributed by atoms with van der Waals surface area (Å²) in [6, 6.07) is 9.93. The molecule has 0 bridgehead atoms. The van der Waals surface area contributed by atoms with E-state index >= 15 is 0 Å². The molecule has 1 aromatic carbocycles. The number of amides is 1. The van der Waals surface area contributed by atoms with Crippen molar-refractivity contribution in [3.63, 3.8) is 0 Å². The summed E-state index contributed by atoms with van der Waals surface area (Å²) in [7, 11) is 0. The minimum absolute atomic E-state index is 0.0888. The third kappa shape index (κ3) is 3.61. The van der Waals surface area contributed by atoms with Gasteiger partial charge in [0.05, 0.1) is 5.56 Å². The molecule has 5 nitrogen and oxygen atoms in total. The molecular weight excluding hydrogens is 316 g/mol. The summed E-state index contributed by atoms with van der Waals surface area (Å²) in [5.41, 5.74) is 1.22. The molecule has 1 aromatic heterocycles. The maximum atomic E-state index is 12.6. The molecule has 2 heterocycles. The van der Waals surface area contributed by atoms with E-state index in [2.05, 4.69) is 14.6 Å². The van der Waals surface area contributed by atoms with Gasteiger partial charge in [0.1, 0.15) is 5.75 Å². The molecule has 1 fully saturated rings. The number of carbonyl (C=O) groups is 1. The minimum atomic E-state index is -2.96. The number of hydrogen-bond donors (Lipinski definition) is 0. The molecule has 0 atom stereocenters. The number of para-hydroxylation sites is 1. The lowest BCUT2D eigenvalue weighted by Gasteiger charge is -2.36. The lowest BCUT2D eigenvalue weighted by atomic mass is 10.1. The average Bonchev–Trinajstić information content (AvgIpc) is 2.62. The zero-order valence-corrected chi connectivity index (χ0v) is 12.9. The number of anilines is 1. The highest BCUT2D eigenvalue weighted by atomic mass is 19.3. The van der Waals surface area contributed by atoms with E-state index < -0.39 is 6.61 Å². The Bertz CT molecular complexity index is 689. The molecule has 24 heavy (non-hydrogen) atoms. The van der Waals surface area contributed by atoms with Gasteiger partial charge in [-0.25, -0.2) is 0 Å². The Hall–Kier alpha value is -2.70. The van der Waals surface area contributed by atoms with Crippen LogP contribution in [0.2, 0.25) is 0 Å². The first-order valence-electron chi connectivity index (χ1n) is 7.63. The number of benzene rings is 1. The van der Waals surface area contributed by atoms with E-state index in [-0.39, 0.29) is 17.2 Å². The second-order valence-corrected chi connectivity index (χ2v) is 5.36. The predicted octanol–water partition coefficient (Wildman–Crippen LogP) is 2.65. The molecule has 2 aromatic rings. The van der Waals surface area contributed by atoms with Crippen LogP contribution in [0.3, 0.4) is 0 Å². The molecule has 0 spiro atoms. The quantitative estimate of drug-likeness (QED) is 0.863. The molecule has 1 amide bonds. The SMILES string of the molecule is O=C(c1ccccc1OC(F)F)N1CCN(c2ccncc2)CC1. The van der Waals surface area contributed by atoms with Crippen LogP contribution >= 0.6 is 0 Å². The Balaban J connectivity index is 1.68. The fourth-order valence-electron chi connectivity index (χ4n) is 2.74. The lowest BCUT2D eigenvalue weighted by molar-refractivity contribution is -0.0502. The van der Waals surface area contributed by atoms with Gasteiger partial charge in [0, 0.05) is 44.3 Å². The zero-order valence-electron chi connectivity index (χ0n) is 12.9. The van der Waals surface area contributed by atoms with Gasteiger partial charge in [-0.1, -0.05) is 12.1 Å². The fraction of sp³-hybridized carbons (Fsp3) is 0.294. The van der Waals surface area contributed by atoms with Crippen LogP contribution in [0.5, 0.6) is 5.75 Å². The Morgan fingerprint density at radius 2 is 1.71 bits per heavy atom. The monoisotopic (exact) mass is 333 g/mol. The molecular formula is C17H17F2N3O2. The van der Waals surface area contributed by atoms with Crippen molar-refractivity contribution in [2.24, 2.45) is 0 Å². The van der Waals surface area contributed by atoms with Crippen LogP contribution in [0.25, 0.3) is 0 Å². The van der Waals surface area contributed by atoms with E-state index in [9.17, 15) is 13.6 Å². The van der Waals surface area contributed by atoms with E-state index in [1.165, 1.54) is 12.1 Å². The number of rotatable bonds is 4. The van der Waals surface area contributed by atoms with Crippen LogP contribution in [0.1, 0.15) is 10.4 Å². The molecule has 7 heteroatoms. The predicted molar refractivity (Wildman–Crippen MR) is 85.4 cm³/mol. The summed E-state index contributed by atoms with van der Waals surface area (Å²) in [4.78, 5) is 20.4. The van der Waals surface area contributed by atoms with Gasteiger partial charge in [-0.05, 0) is 24.3 Å². The summed E-state index contributed by atoms with van der Waals surface area (Å²) < 4.78 is 29.4. The fourth-order valence-corrected chi connectivity index (χ4v) is 2.74. The molecule has 0 N–H and O–H groups in total. The van der Waals surface area contributed by atoms with Crippen LogP contribution < -0.4 is 9.64 Å². The maximum Gasteiger partial charge on any atom is 0.387 e. The van der Waals surface area contributed by atoms with Gasteiger partial charge in [-0.2, -0.15) is 8.78 Å². The van der Waals surface area contributed by atoms with Crippen LogP contribution in [-0.4, -0.2) is 48.6 Å². The number of aromatic nitrogens is 1. The maximum absolute atomic E-state index is 12.6. The molecule has 1 saturated heterocycles. The molecule has 3 rings (SSSR count). The van der Waals surface area contributed by atoms with Crippen molar-refractivity contribution in [3.05, 3.63) is 54.4 Å². The smallest absolute Gasteiger partial charge is 0.387 e. The van der Waals surface area contributed by atoms with Crippen LogP contribution in [-0.2, 0) is 0 Å². The summed E-state index contributed by atoms with van der Waals surface area (Å²) in [6.45, 7) is -0.572. The summed E-state index contributed by atoms with van der Waals surface area (Å²) >= 11 is 0. The van der Waals surface area contributed by atoms with E-state index in [0.29, 0.717) is 26.2 Å². The average molecular weight is 333 g/mol.